The average Bonchev–Trinajstić information content (AvgIpc) is 2.41. The van der Waals surface area contributed by atoms with Crippen LogP contribution in [0, 0.1) is 12.8 Å². The molecule has 5 nitrogen and oxygen atoms in total. The zero-order valence-corrected chi connectivity index (χ0v) is 11.5. The molecule has 1 aliphatic carbocycles. The van der Waals surface area contributed by atoms with Gasteiger partial charge in [0.05, 0.1) is 17.5 Å². The summed E-state index contributed by atoms with van der Waals surface area (Å²) >= 11 is 0. The number of nitrogens with one attached hydrogen (secondary N) is 1. The van der Waals surface area contributed by atoms with Crippen LogP contribution in [0.3, 0.4) is 0 Å². The first-order valence-corrected chi connectivity index (χ1v) is 6.78. The normalized spacial score (nSPS) is 27.0. The van der Waals surface area contributed by atoms with Crippen LogP contribution in [0.15, 0.2) is 12.4 Å². The summed E-state index contributed by atoms with van der Waals surface area (Å²) in [5, 5.41) is 13.1. The Morgan fingerprint density at radius 1 is 1.42 bits per heavy atom. The molecule has 1 aliphatic rings. The molecule has 0 bridgehead atoms. The third-order valence-corrected chi connectivity index (χ3v) is 3.80. The topological polar surface area (TPSA) is 75.1 Å². The summed E-state index contributed by atoms with van der Waals surface area (Å²) in [5.74, 6) is 0.387. The summed E-state index contributed by atoms with van der Waals surface area (Å²) in [4.78, 5) is 19.9. The Balaban J connectivity index is 1.88. The third-order valence-electron chi connectivity index (χ3n) is 3.80. The Morgan fingerprint density at radius 2 is 2.11 bits per heavy atom. The summed E-state index contributed by atoms with van der Waals surface area (Å²) in [6, 6.07) is 0. The van der Waals surface area contributed by atoms with Gasteiger partial charge in [-0.25, -0.2) is 4.98 Å². The lowest BCUT2D eigenvalue weighted by Gasteiger charge is -2.34. The molecule has 5 heteroatoms. The van der Waals surface area contributed by atoms with E-state index in [9.17, 15) is 9.90 Å². The van der Waals surface area contributed by atoms with E-state index < -0.39 is 5.60 Å². The zero-order chi connectivity index (χ0) is 13.9. The molecule has 1 aromatic rings. The van der Waals surface area contributed by atoms with E-state index in [0.717, 1.165) is 31.4 Å². The van der Waals surface area contributed by atoms with Gasteiger partial charge in [-0.1, -0.05) is 6.92 Å². The molecule has 1 fully saturated rings. The van der Waals surface area contributed by atoms with E-state index in [2.05, 4.69) is 22.2 Å². The number of aromatic nitrogens is 2. The quantitative estimate of drug-likeness (QED) is 0.865. The Labute approximate surface area is 113 Å². The fourth-order valence-electron chi connectivity index (χ4n) is 2.32. The number of aryl methyl sites for hydroxylation is 1. The Bertz CT molecular complexity index is 437. The Hall–Kier alpha value is -1.49. The second kappa shape index (κ2) is 5.65. The van der Waals surface area contributed by atoms with Gasteiger partial charge >= 0.3 is 0 Å². The average molecular weight is 263 g/mol. The molecule has 1 aromatic heterocycles. The minimum atomic E-state index is -0.764. The van der Waals surface area contributed by atoms with Crippen LogP contribution in [-0.2, 0) is 0 Å². The maximum atomic E-state index is 11.9. The number of carbonyl (C=O) groups is 1. The molecule has 0 aromatic carbocycles. The van der Waals surface area contributed by atoms with Gasteiger partial charge in [0.2, 0.25) is 0 Å². The number of amides is 1. The molecule has 0 spiro atoms. The summed E-state index contributed by atoms with van der Waals surface area (Å²) in [6.45, 7) is 4.30. The maximum Gasteiger partial charge on any atom is 0.271 e. The van der Waals surface area contributed by atoms with Crippen molar-refractivity contribution in [3.05, 3.63) is 23.8 Å². The number of nitrogens with zero attached hydrogens (tertiary/aromatic N) is 2. The van der Waals surface area contributed by atoms with Crippen LogP contribution in [0.2, 0.25) is 0 Å². The SMILES string of the molecule is Cc1cnc(C(=O)NCC2(O)CCC(C)CC2)cn1. The molecule has 0 atom stereocenters. The van der Waals surface area contributed by atoms with Gasteiger partial charge in [-0.05, 0) is 38.5 Å². The van der Waals surface area contributed by atoms with Gasteiger partial charge in [0.15, 0.2) is 0 Å². The summed E-state index contributed by atoms with van der Waals surface area (Å²) in [5.41, 5.74) is 0.301. The van der Waals surface area contributed by atoms with Crippen LogP contribution in [0.5, 0.6) is 0 Å². The molecule has 2 N–H and O–H groups in total. The van der Waals surface area contributed by atoms with Crippen LogP contribution in [-0.4, -0.2) is 33.1 Å². The van der Waals surface area contributed by atoms with Crippen LogP contribution in [0.4, 0.5) is 0 Å². The summed E-state index contributed by atoms with van der Waals surface area (Å²) in [6.07, 6.45) is 6.53. The van der Waals surface area contributed by atoms with Gasteiger partial charge in [-0.15, -0.1) is 0 Å². The second-order valence-corrected chi connectivity index (χ2v) is 5.63. The van der Waals surface area contributed by atoms with E-state index in [1.54, 1.807) is 6.20 Å². The molecule has 19 heavy (non-hydrogen) atoms. The largest absolute Gasteiger partial charge is 0.388 e. The summed E-state index contributed by atoms with van der Waals surface area (Å²) in [7, 11) is 0. The smallest absolute Gasteiger partial charge is 0.271 e. The van der Waals surface area contributed by atoms with Crippen LogP contribution >= 0.6 is 0 Å². The van der Waals surface area contributed by atoms with E-state index in [-0.39, 0.29) is 12.5 Å². The van der Waals surface area contributed by atoms with Gasteiger partial charge in [-0.2, -0.15) is 0 Å². The first kappa shape index (κ1) is 13.9. The van der Waals surface area contributed by atoms with Gasteiger partial charge in [0.1, 0.15) is 5.69 Å². The predicted octanol–water partition coefficient (Wildman–Crippen LogP) is 1.46. The van der Waals surface area contributed by atoms with Crippen molar-refractivity contribution in [3.8, 4) is 0 Å². The number of aliphatic hydroxyl groups is 1. The van der Waals surface area contributed by atoms with Gasteiger partial charge in [0, 0.05) is 12.7 Å². The lowest BCUT2D eigenvalue weighted by Crippen LogP contribution is -2.45. The minimum absolute atomic E-state index is 0.278. The maximum absolute atomic E-state index is 11.9. The molecular weight excluding hydrogens is 242 g/mol. The third kappa shape index (κ3) is 3.73. The first-order valence-electron chi connectivity index (χ1n) is 6.78. The predicted molar refractivity (Wildman–Crippen MR) is 71.7 cm³/mol. The number of hydrogen-bond donors (Lipinski definition) is 2. The minimum Gasteiger partial charge on any atom is -0.388 e. The molecule has 0 saturated heterocycles. The summed E-state index contributed by atoms with van der Waals surface area (Å²) < 4.78 is 0. The highest BCUT2D eigenvalue weighted by Gasteiger charge is 2.32. The van der Waals surface area contributed by atoms with E-state index in [1.807, 2.05) is 6.92 Å². The molecular formula is C14H21N3O2. The highest BCUT2D eigenvalue weighted by atomic mass is 16.3. The van der Waals surface area contributed by atoms with Crippen molar-refractivity contribution in [1.29, 1.82) is 0 Å². The molecule has 1 amide bonds. The highest BCUT2D eigenvalue weighted by molar-refractivity contribution is 5.91. The zero-order valence-electron chi connectivity index (χ0n) is 11.5. The van der Waals surface area contributed by atoms with Crippen molar-refractivity contribution >= 4 is 5.91 Å². The van der Waals surface area contributed by atoms with Crippen molar-refractivity contribution < 1.29 is 9.90 Å². The fourth-order valence-corrected chi connectivity index (χ4v) is 2.32. The van der Waals surface area contributed by atoms with Crippen molar-refractivity contribution in [2.75, 3.05) is 6.54 Å². The monoisotopic (exact) mass is 263 g/mol. The van der Waals surface area contributed by atoms with E-state index in [0.29, 0.717) is 11.6 Å². The lowest BCUT2D eigenvalue weighted by atomic mass is 9.79. The Kier molecular flexibility index (Phi) is 4.14. The molecule has 0 aliphatic heterocycles. The van der Waals surface area contributed by atoms with E-state index in [4.69, 9.17) is 0 Å². The van der Waals surface area contributed by atoms with Crippen molar-refractivity contribution in [2.45, 2.75) is 45.1 Å². The number of rotatable bonds is 3. The molecule has 2 rings (SSSR count). The fraction of sp³-hybridized carbons (Fsp3) is 0.643. The van der Waals surface area contributed by atoms with Crippen LogP contribution < -0.4 is 5.32 Å². The van der Waals surface area contributed by atoms with Gasteiger partial charge in [0.25, 0.3) is 5.91 Å². The highest BCUT2D eigenvalue weighted by Crippen LogP contribution is 2.31. The van der Waals surface area contributed by atoms with E-state index >= 15 is 0 Å². The van der Waals surface area contributed by atoms with Crippen LogP contribution in [0.25, 0.3) is 0 Å². The standard InChI is InChI=1S/C14H21N3O2/c1-10-3-5-14(19,6-4-10)9-17-13(18)12-8-15-11(2)7-16-12/h7-8,10,19H,3-6,9H2,1-2H3,(H,17,18). The Morgan fingerprint density at radius 3 is 2.68 bits per heavy atom. The molecule has 1 saturated carbocycles. The van der Waals surface area contributed by atoms with E-state index in [1.165, 1.54) is 6.20 Å². The molecule has 0 radical (unpaired) electrons. The van der Waals surface area contributed by atoms with Crippen molar-refractivity contribution in [2.24, 2.45) is 5.92 Å². The second-order valence-electron chi connectivity index (χ2n) is 5.63. The van der Waals surface area contributed by atoms with Gasteiger partial charge in [-0.3, -0.25) is 9.78 Å². The lowest BCUT2D eigenvalue weighted by molar-refractivity contribution is -0.00544. The first-order chi connectivity index (χ1) is 8.98. The molecule has 1 heterocycles. The molecule has 104 valence electrons. The van der Waals surface area contributed by atoms with Crippen LogP contribution in [0.1, 0.15) is 48.8 Å². The number of hydrogen-bond acceptors (Lipinski definition) is 4. The van der Waals surface area contributed by atoms with Crippen molar-refractivity contribution in [1.82, 2.24) is 15.3 Å². The molecule has 0 unspecified atom stereocenters. The van der Waals surface area contributed by atoms with Gasteiger partial charge < -0.3 is 10.4 Å². The van der Waals surface area contributed by atoms with Crippen molar-refractivity contribution in [3.63, 3.8) is 0 Å². The number of carbonyl (C=O) groups excluding carboxylic acids is 1.